The maximum absolute atomic E-state index is 11.9. The van der Waals surface area contributed by atoms with Crippen LogP contribution in [0.2, 0.25) is 10.0 Å². The van der Waals surface area contributed by atoms with E-state index in [2.05, 4.69) is 12.2 Å². The molecule has 2 atom stereocenters. The minimum absolute atomic E-state index is 0.0696. The third kappa shape index (κ3) is 4.59. The number of carbonyl (C=O) groups excluding carboxylic acids is 1. The summed E-state index contributed by atoms with van der Waals surface area (Å²) in [6.45, 7) is 2.23. The number of rotatable bonds is 4. The van der Waals surface area contributed by atoms with Crippen LogP contribution in [0, 0.1) is 5.92 Å². The van der Waals surface area contributed by atoms with Crippen molar-refractivity contribution in [2.75, 3.05) is 5.75 Å². The number of hydrogen-bond acceptors (Lipinski definition) is 2. The first-order chi connectivity index (χ1) is 9.04. The number of carbonyl (C=O) groups is 1. The van der Waals surface area contributed by atoms with Gasteiger partial charge in [0.2, 0.25) is 5.91 Å². The second-order valence-electron chi connectivity index (χ2n) is 5.05. The Balaban J connectivity index is 1.81. The van der Waals surface area contributed by atoms with Crippen molar-refractivity contribution in [3.05, 3.63) is 28.2 Å². The molecule has 0 spiro atoms. The molecule has 1 aromatic rings. The van der Waals surface area contributed by atoms with Crippen LogP contribution >= 0.6 is 35.0 Å². The van der Waals surface area contributed by atoms with Gasteiger partial charge in [0.15, 0.2) is 0 Å². The van der Waals surface area contributed by atoms with Gasteiger partial charge in [-0.15, -0.1) is 11.8 Å². The third-order valence-electron chi connectivity index (χ3n) is 3.31. The van der Waals surface area contributed by atoms with Crippen molar-refractivity contribution in [1.82, 2.24) is 5.32 Å². The first kappa shape index (κ1) is 15.0. The van der Waals surface area contributed by atoms with Crippen molar-refractivity contribution in [2.24, 2.45) is 5.92 Å². The zero-order valence-electron chi connectivity index (χ0n) is 10.8. The zero-order valence-corrected chi connectivity index (χ0v) is 13.1. The first-order valence-electron chi connectivity index (χ1n) is 6.42. The van der Waals surface area contributed by atoms with Crippen molar-refractivity contribution in [1.29, 1.82) is 0 Å². The van der Waals surface area contributed by atoms with E-state index in [1.807, 2.05) is 0 Å². The summed E-state index contributed by atoms with van der Waals surface area (Å²) in [5.41, 5.74) is 0. The standard InChI is InChI=1S/C14H17Cl2NOS/c1-9-2-4-11(6-9)17-14(18)8-19-13-7-10(15)3-5-12(13)16/h3,5,7,9,11H,2,4,6,8H2,1H3,(H,17,18). The van der Waals surface area contributed by atoms with Gasteiger partial charge in [0.25, 0.3) is 0 Å². The van der Waals surface area contributed by atoms with Gasteiger partial charge in [0, 0.05) is 16.0 Å². The monoisotopic (exact) mass is 317 g/mol. The lowest BCUT2D eigenvalue weighted by Crippen LogP contribution is -2.34. The quantitative estimate of drug-likeness (QED) is 0.834. The van der Waals surface area contributed by atoms with Crippen LogP contribution in [0.1, 0.15) is 26.2 Å². The van der Waals surface area contributed by atoms with Crippen LogP contribution in [-0.2, 0) is 4.79 Å². The van der Waals surface area contributed by atoms with Crippen molar-refractivity contribution in [3.63, 3.8) is 0 Å². The second kappa shape index (κ2) is 6.87. The van der Waals surface area contributed by atoms with Crippen LogP contribution in [0.3, 0.4) is 0 Å². The molecule has 1 fully saturated rings. The van der Waals surface area contributed by atoms with Crippen LogP contribution in [0.4, 0.5) is 0 Å². The molecule has 5 heteroatoms. The first-order valence-corrected chi connectivity index (χ1v) is 8.16. The highest BCUT2D eigenvalue weighted by atomic mass is 35.5. The molecule has 0 aliphatic heterocycles. The molecule has 0 saturated heterocycles. The molecule has 1 saturated carbocycles. The molecule has 1 aliphatic rings. The Labute approximate surface area is 128 Å². The maximum atomic E-state index is 11.9. The zero-order chi connectivity index (χ0) is 13.8. The second-order valence-corrected chi connectivity index (χ2v) is 6.91. The maximum Gasteiger partial charge on any atom is 0.230 e. The largest absolute Gasteiger partial charge is 0.353 e. The molecule has 2 nitrogen and oxygen atoms in total. The molecule has 0 bridgehead atoms. The number of nitrogens with one attached hydrogen (secondary N) is 1. The van der Waals surface area contributed by atoms with Crippen molar-refractivity contribution >= 4 is 40.9 Å². The molecular weight excluding hydrogens is 301 g/mol. The van der Waals surface area contributed by atoms with E-state index >= 15 is 0 Å². The molecule has 1 N–H and O–H groups in total. The van der Waals surface area contributed by atoms with E-state index in [1.165, 1.54) is 18.2 Å². The molecule has 1 amide bonds. The molecule has 1 aromatic carbocycles. The van der Waals surface area contributed by atoms with Gasteiger partial charge >= 0.3 is 0 Å². The summed E-state index contributed by atoms with van der Waals surface area (Å²) in [7, 11) is 0. The van der Waals surface area contributed by atoms with Gasteiger partial charge in [0.1, 0.15) is 0 Å². The lowest BCUT2D eigenvalue weighted by molar-refractivity contribution is -0.119. The molecule has 19 heavy (non-hydrogen) atoms. The number of thioether (sulfide) groups is 1. The fourth-order valence-electron chi connectivity index (χ4n) is 2.34. The molecular formula is C14H17Cl2NOS. The summed E-state index contributed by atoms with van der Waals surface area (Å²) >= 11 is 13.4. The highest BCUT2D eigenvalue weighted by Crippen LogP contribution is 2.30. The average molecular weight is 318 g/mol. The molecule has 0 heterocycles. The van der Waals surface area contributed by atoms with E-state index in [9.17, 15) is 4.79 Å². The van der Waals surface area contributed by atoms with Gasteiger partial charge in [-0.3, -0.25) is 4.79 Å². The van der Waals surface area contributed by atoms with Crippen LogP contribution < -0.4 is 5.32 Å². The molecule has 2 rings (SSSR count). The predicted molar refractivity (Wildman–Crippen MR) is 82.1 cm³/mol. The molecule has 0 radical (unpaired) electrons. The third-order valence-corrected chi connectivity index (χ3v) is 5.04. The van der Waals surface area contributed by atoms with E-state index in [0.29, 0.717) is 21.8 Å². The molecule has 104 valence electrons. The lowest BCUT2D eigenvalue weighted by atomic mass is 10.1. The normalized spacial score (nSPS) is 22.5. The SMILES string of the molecule is CC1CCC(NC(=O)CSc2cc(Cl)ccc2Cl)C1. The number of amides is 1. The highest BCUT2D eigenvalue weighted by Gasteiger charge is 2.22. The van der Waals surface area contributed by atoms with Crippen LogP contribution in [-0.4, -0.2) is 17.7 Å². The van der Waals surface area contributed by atoms with Crippen LogP contribution in [0.5, 0.6) is 0 Å². The summed E-state index contributed by atoms with van der Waals surface area (Å²) in [5.74, 6) is 1.17. The van der Waals surface area contributed by atoms with Gasteiger partial charge in [-0.25, -0.2) is 0 Å². The summed E-state index contributed by atoms with van der Waals surface area (Å²) in [6.07, 6.45) is 3.39. The van der Waals surface area contributed by atoms with Crippen molar-refractivity contribution in [3.8, 4) is 0 Å². The molecule has 0 aromatic heterocycles. The Hall–Kier alpha value is -0.380. The van der Waals surface area contributed by atoms with E-state index in [1.54, 1.807) is 18.2 Å². The smallest absolute Gasteiger partial charge is 0.230 e. The summed E-state index contributed by atoms with van der Waals surface area (Å²) in [5, 5.41) is 4.35. The minimum atomic E-state index is 0.0696. The fourth-order valence-corrected chi connectivity index (χ4v) is 3.64. The summed E-state index contributed by atoms with van der Waals surface area (Å²) < 4.78 is 0. The van der Waals surface area contributed by atoms with Crippen molar-refractivity contribution in [2.45, 2.75) is 37.1 Å². The number of benzene rings is 1. The Bertz CT molecular complexity index is 467. The molecule has 2 unspecified atom stereocenters. The number of halogens is 2. The van der Waals surface area contributed by atoms with Gasteiger partial charge in [-0.2, -0.15) is 0 Å². The van der Waals surface area contributed by atoms with Crippen LogP contribution in [0.15, 0.2) is 23.1 Å². The van der Waals surface area contributed by atoms with E-state index in [-0.39, 0.29) is 5.91 Å². The van der Waals surface area contributed by atoms with Crippen LogP contribution in [0.25, 0.3) is 0 Å². The lowest BCUT2D eigenvalue weighted by Gasteiger charge is -2.12. The van der Waals surface area contributed by atoms with E-state index < -0.39 is 0 Å². The Morgan fingerprint density at radius 3 is 2.89 bits per heavy atom. The summed E-state index contributed by atoms with van der Waals surface area (Å²) in [4.78, 5) is 12.7. The van der Waals surface area contributed by atoms with Gasteiger partial charge in [-0.1, -0.05) is 30.1 Å². The molecule has 1 aliphatic carbocycles. The van der Waals surface area contributed by atoms with Gasteiger partial charge < -0.3 is 5.32 Å². The van der Waals surface area contributed by atoms with Gasteiger partial charge in [-0.05, 0) is 43.4 Å². The number of hydrogen-bond donors (Lipinski definition) is 1. The predicted octanol–water partition coefficient (Wildman–Crippen LogP) is 4.39. The van der Waals surface area contributed by atoms with Gasteiger partial charge in [0.05, 0.1) is 10.8 Å². The Morgan fingerprint density at radius 2 is 2.21 bits per heavy atom. The highest BCUT2D eigenvalue weighted by molar-refractivity contribution is 8.00. The fraction of sp³-hybridized carbons (Fsp3) is 0.500. The van der Waals surface area contributed by atoms with Crippen molar-refractivity contribution < 1.29 is 4.79 Å². The Kier molecular flexibility index (Phi) is 5.43. The Morgan fingerprint density at radius 1 is 1.42 bits per heavy atom. The average Bonchev–Trinajstić information content (AvgIpc) is 2.76. The summed E-state index contributed by atoms with van der Waals surface area (Å²) in [6, 6.07) is 5.63. The van der Waals surface area contributed by atoms with E-state index in [4.69, 9.17) is 23.2 Å². The van der Waals surface area contributed by atoms with E-state index in [0.717, 1.165) is 23.7 Å². The topological polar surface area (TPSA) is 29.1 Å². The minimum Gasteiger partial charge on any atom is -0.353 e.